The summed E-state index contributed by atoms with van der Waals surface area (Å²) in [6, 6.07) is 26.8. The number of hydrazine groups is 1. The smallest absolute Gasteiger partial charge is 0.259 e. The third-order valence-corrected chi connectivity index (χ3v) is 5.08. The summed E-state index contributed by atoms with van der Waals surface area (Å²) in [5.74, 6) is 1.01. The lowest BCUT2D eigenvalue weighted by atomic mass is 10.1. The molecule has 0 unspecified atom stereocenters. The molecule has 6 nitrogen and oxygen atoms in total. The summed E-state index contributed by atoms with van der Waals surface area (Å²) < 4.78 is 6.23. The zero-order valence-corrected chi connectivity index (χ0v) is 18.2. The van der Waals surface area contributed by atoms with Gasteiger partial charge in [-0.2, -0.15) is 10.3 Å². The summed E-state index contributed by atoms with van der Waals surface area (Å²) >= 11 is 3.46. The van der Waals surface area contributed by atoms with Crippen LogP contribution in [0.1, 0.15) is 0 Å². The van der Waals surface area contributed by atoms with Crippen LogP contribution in [0.15, 0.2) is 89.4 Å². The van der Waals surface area contributed by atoms with Crippen molar-refractivity contribution in [2.75, 3.05) is 17.5 Å². The van der Waals surface area contributed by atoms with E-state index in [1.54, 1.807) is 7.11 Å². The first-order chi connectivity index (χ1) is 15.2. The quantitative estimate of drug-likeness (QED) is 0.214. The number of aromatic nitrogens is 2. The maximum atomic E-state index is 9.78. The summed E-state index contributed by atoms with van der Waals surface area (Å²) in [5, 5.41) is 11.0. The third-order valence-electron chi connectivity index (χ3n) is 4.55. The van der Waals surface area contributed by atoms with E-state index in [9.17, 15) is 5.26 Å². The molecule has 1 N–H and O–H groups in total. The average molecular weight is 472 g/mol. The molecule has 4 aromatic rings. The number of nitrogens with one attached hydrogen (secondary N) is 1. The van der Waals surface area contributed by atoms with Gasteiger partial charge in [-0.3, -0.25) is 5.43 Å². The highest BCUT2D eigenvalue weighted by Gasteiger charge is 2.15. The number of rotatable bonds is 6. The Labute approximate surface area is 188 Å². The standard InChI is InChI=1S/C24H18BrN5O/c1-31-21-13-9-18(10-14-21)23-15-22(17-7-11-19(25)12-8-17)27-24(28-23)30(16-26)29-20-5-3-2-4-6-20/h2-15,29H,1H3. The number of ether oxygens (including phenoxy) is 1. The van der Waals surface area contributed by atoms with E-state index < -0.39 is 0 Å². The van der Waals surface area contributed by atoms with Gasteiger partial charge in [-0.05, 0) is 54.6 Å². The number of anilines is 2. The average Bonchev–Trinajstić information content (AvgIpc) is 2.83. The minimum absolute atomic E-state index is 0.248. The fourth-order valence-electron chi connectivity index (χ4n) is 2.97. The van der Waals surface area contributed by atoms with Crippen LogP contribution in [0, 0.1) is 11.5 Å². The van der Waals surface area contributed by atoms with Crippen molar-refractivity contribution in [1.82, 2.24) is 9.97 Å². The Morgan fingerprint density at radius 2 is 1.45 bits per heavy atom. The molecule has 7 heteroatoms. The zero-order chi connectivity index (χ0) is 21.6. The second-order valence-electron chi connectivity index (χ2n) is 6.59. The van der Waals surface area contributed by atoms with Crippen LogP contribution in [0.3, 0.4) is 0 Å². The number of para-hydroxylation sites is 1. The number of benzene rings is 3. The fourth-order valence-corrected chi connectivity index (χ4v) is 3.24. The number of hydrogen-bond acceptors (Lipinski definition) is 6. The van der Waals surface area contributed by atoms with Crippen LogP contribution in [-0.2, 0) is 0 Å². The molecular formula is C24H18BrN5O. The van der Waals surface area contributed by atoms with E-state index in [1.807, 2.05) is 84.9 Å². The lowest BCUT2D eigenvalue weighted by molar-refractivity contribution is 0.415. The highest BCUT2D eigenvalue weighted by Crippen LogP contribution is 2.28. The molecule has 0 amide bonds. The molecule has 1 aromatic heterocycles. The van der Waals surface area contributed by atoms with E-state index in [-0.39, 0.29) is 5.95 Å². The van der Waals surface area contributed by atoms with E-state index in [2.05, 4.69) is 37.5 Å². The van der Waals surface area contributed by atoms with Crippen LogP contribution in [0.25, 0.3) is 22.5 Å². The summed E-state index contributed by atoms with van der Waals surface area (Å²) in [6.45, 7) is 0. The molecule has 0 aliphatic carbocycles. The van der Waals surface area contributed by atoms with Crippen LogP contribution in [0.4, 0.5) is 11.6 Å². The molecule has 0 saturated heterocycles. The molecule has 0 aliphatic rings. The third kappa shape index (κ3) is 4.82. The molecule has 0 saturated carbocycles. The second-order valence-corrected chi connectivity index (χ2v) is 7.50. The zero-order valence-electron chi connectivity index (χ0n) is 16.7. The molecule has 31 heavy (non-hydrogen) atoms. The van der Waals surface area contributed by atoms with Crippen molar-refractivity contribution < 1.29 is 4.74 Å². The molecular weight excluding hydrogens is 454 g/mol. The van der Waals surface area contributed by atoms with Gasteiger partial charge in [0, 0.05) is 15.6 Å². The number of nitrogens with zero attached hydrogens (tertiary/aromatic N) is 4. The first-order valence-electron chi connectivity index (χ1n) is 9.47. The highest BCUT2D eigenvalue weighted by atomic mass is 79.9. The van der Waals surface area contributed by atoms with E-state index in [1.165, 1.54) is 5.01 Å². The lowest BCUT2D eigenvalue weighted by Crippen LogP contribution is -2.26. The Morgan fingerprint density at radius 1 is 0.871 bits per heavy atom. The van der Waals surface area contributed by atoms with Gasteiger partial charge in [0.15, 0.2) is 0 Å². The maximum Gasteiger partial charge on any atom is 0.259 e. The normalized spacial score (nSPS) is 10.2. The highest BCUT2D eigenvalue weighted by molar-refractivity contribution is 9.10. The monoisotopic (exact) mass is 471 g/mol. The maximum absolute atomic E-state index is 9.78. The minimum Gasteiger partial charge on any atom is -0.497 e. The fraction of sp³-hybridized carbons (Fsp3) is 0.0417. The minimum atomic E-state index is 0.248. The van der Waals surface area contributed by atoms with Crippen molar-refractivity contribution in [2.24, 2.45) is 0 Å². The van der Waals surface area contributed by atoms with Crippen LogP contribution in [0.2, 0.25) is 0 Å². The Morgan fingerprint density at radius 3 is 2.00 bits per heavy atom. The molecule has 0 radical (unpaired) electrons. The van der Waals surface area contributed by atoms with Gasteiger partial charge >= 0.3 is 0 Å². The molecule has 0 aliphatic heterocycles. The summed E-state index contributed by atoms with van der Waals surface area (Å²) in [5.41, 5.74) is 7.01. The largest absolute Gasteiger partial charge is 0.497 e. The Balaban J connectivity index is 1.80. The predicted octanol–water partition coefficient (Wildman–Crippen LogP) is 5.90. The van der Waals surface area contributed by atoms with E-state index >= 15 is 0 Å². The van der Waals surface area contributed by atoms with E-state index in [4.69, 9.17) is 4.74 Å². The molecule has 3 aromatic carbocycles. The first kappa shape index (κ1) is 20.4. The summed E-state index contributed by atoms with van der Waals surface area (Å²) in [6.07, 6.45) is 2.12. The van der Waals surface area contributed by atoms with Gasteiger partial charge in [0.1, 0.15) is 5.75 Å². The predicted molar refractivity (Wildman–Crippen MR) is 125 cm³/mol. The van der Waals surface area contributed by atoms with Gasteiger partial charge in [-0.15, -0.1) is 0 Å². The molecule has 152 valence electrons. The second kappa shape index (κ2) is 9.28. The molecule has 0 fully saturated rings. The van der Waals surface area contributed by atoms with Gasteiger partial charge in [-0.1, -0.05) is 46.3 Å². The van der Waals surface area contributed by atoms with Crippen LogP contribution in [0.5, 0.6) is 5.75 Å². The van der Waals surface area contributed by atoms with Gasteiger partial charge in [0.05, 0.1) is 24.2 Å². The molecule has 0 bridgehead atoms. The van der Waals surface area contributed by atoms with Crippen molar-refractivity contribution >= 4 is 27.6 Å². The van der Waals surface area contributed by atoms with E-state index in [0.717, 1.165) is 27.0 Å². The number of halogens is 1. The van der Waals surface area contributed by atoms with Gasteiger partial charge in [0.2, 0.25) is 6.19 Å². The topological polar surface area (TPSA) is 74.1 Å². The van der Waals surface area contributed by atoms with Crippen LogP contribution in [-0.4, -0.2) is 17.1 Å². The number of hydrogen-bond donors (Lipinski definition) is 1. The molecule has 0 spiro atoms. The Hall–Kier alpha value is -3.89. The number of methoxy groups -OCH3 is 1. The van der Waals surface area contributed by atoms with Crippen molar-refractivity contribution in [3.05, 3.63) is 89.4 Å². The molecule has 1 heterocycles. The summed E-state index contributed by atoms with van der Waals surface area (Å²) in [4.78, 5) is 9.30. The van der Waals surface area contributed by atoms with Gasteiger partial charge < -0.3 is 4.74 Å². The first-order valence-corrected chi connectivity index (χ1v) is 10.3. The van der Waals surface area contributed by atoms with Crippen molar-refractivity contribution in [1.29, 1.82) is 5.26 Å². The number of nitriles is 1. The van der Waals surface area contributed by atoms with Crippen molar-refractivity contribution in [3.8, 4) is 34.5 Å². The Kier molecular flexibility index (Phi) is 6.11. The van der Waals surface area contributed by atoms with Crippen molar-refractivity contribution in [2.45, 2.75) is 0 Å². The SMILES string of the molecule is COc1ccc(-c2cc(-c3ccc(Br)cc3)nc(N(C#N)Nc3ccccc3)n2)cc1. The van der Waals surface area contributed by atoms with Crippen molar-refractivity contribution in [3.63, 3.8) is 0 Å². The Bertz CT molecular complexity index is 1210. The van der Waals surface area contributed by atoms with Gasteiger partial charge in [0.25, 0.3) is 5.95 Å². The van der Waals surface area contributed by atoms with Crippen LogP contribution < -0.4 is 15.2 Å². The van der Waals surface area contributed by atoms with E-state index in [0.29, 0.717) is 11.4 Å². The van der Waals surface area contributed by atoms with Gasteiger partial charge in [-0.25, -0.2) is 9.97 Å². The van der Waals surface area contributed by atoms with Crippen LogP contribution >= 0.6 is 15.9 Å². The summed E-state index contributed by atoms with van der Waals surface area (Å²) in [7, 11) is 1.63. The molecule has 0 atom stereocenters. The lowest BCUT2D eigenvalue weighted by Gasteiger charge is -2.18. The molecule has 4 rings (SSSR count).